The molecule has 2 rings (SSSR count). The summed E-state index contributed by atoms with van der Waals surface area (Å²) in [5.41, 5.74) is 4.07. The van der Waals surface area contributed by atoms with Crippen molar-refractivity contribution in [2.24, 2.45) is 0 Å². The third-order valence-corrected chi connectivity index (χ3v) is 1.62. The van der Waals surface area contributed by atoms with E-state index >= 15 is 0 Å². The SMILES string of the molecule is ONc1ccnc2cccnc12. The summed E-state index contributed by atoms with van der Waals surface area (Å²) in [5, 5.41) is 8.72. The van der Waals surface area contributed by atoms with Crippen LogP contribution in [0.1, 0.15) is 0 Å². The van der Waals surface area contributed by atoms with Crippen LogP contribution in [0.3, 0.4) is 0 Å². The van der Waals surface area contributed by atoms with E-state index < -0.39 is 0 Å². The molecule has 0 spiro atoms. The van der Waals surface area contributed by atoms with Crippen LogP contribution in [-0.4, -0.2) is 15.2 Å². The minimum Gasteiger partial charge on any atom is -0.291 e. The lowest BCUT2D eigenvalue weighted by Gasteiger charge is -2.00. The highest BCUT2D eigenvalue weighted by Gasteiger charge is 1.99. The highest BCUT2D eigenvalue weighted by atomic mass is 16.5. The van der Waals surface area contributed by atoms with Crippen molar-refractivity contribution in [2.75, 3.05) is 5.48 Å². The van der Waals surface area contributed by atoms with Crippen molar-refractivity contribution in [3.63, 3.8) is 0 Å². The molecule has 12 heavy (non-hydrogen) atoms. The van der Waals surface area contributed by atoms with Gasteiger partial charge in [-0.2, -0.15) is 0 Å². The molecule has 4 nitrogen and oxygen atoms in total. The molecule has 2 N–H and O–H groups in total. The Kier molecular flexibility index (Phi) is 1.60. The van der Waals surface area contributed by atoms with Crippen LogP contribution in [0.25, 0.3) is 11.0 Å². The van der Waals surface area contributed by atoms with Gasteiger partial charge in [-0.15, -0.1) is 0 Å². The van der Waals surface area contributed by atoms with Gasteiger partial charge < -0.3 is 0 Å². The van der Waals surface area contributed by atoms with Crippen molar-refractivity contribution in [3.05, 3.63) is 30.6 Å². The second kappa shape index (κ2) is 2.75. The van der Waals surface area contributed by atoms with Gasteiger partial charge in [-0.3, -0.25) is 20.7 Å². The van der Waals surface area contributed by atoms with Gasteiger partial charge >= 0.3 is 0 Å². The molecule has 0 saturated carbocycles. The largest absolute Gasteiger partial charge is 0.291 e. The number of fused-ring (bicyclic) bond motifs is 1. The number of rotatable bonds is 1. The third-order valence-electron chi connectivity index (χ3n) is 1.62. The Labute approximate surface area is 68.9 Å². The van der Waals surface area contributed by atoms with Crippen molar-refractivity contribution in [3.8, 4) is 0 Å². The van der Waals surface area contributed by atoms with Gasteiger partial charge in [-0.25, -0.2) is 0 Å². The standard InChI is InChI=1S/C8H7N3O/c12-11-7-3-5-9-6-2-1-4-10-8(6)7/h1-5,12H,(H,9,11). The van der Waals surface area contributed by atoms with Crippen LogP contribution < -0.4 is 5.48 Å². The van der Waals surface area contributed by atoms with Gasteiger partial charge in [0.1, 0.15) is 5.52 Å². The summed E-state index contributed by atoms with van der Waals surface area (Å²) in [5.74, 6) is 0. The zero-order valence-electron chi connectivity index (χ0n) is 6.23. The molecule has 4 heteroatoms. The predicted octanol–water partition coefficient (Wildman–Crippen LogP) is 1.43. The first-order valence-electron chi connectivity index (χ1n) is 3.51. The van der Waals surface area contributed by atoms with E-state index in [9.17, 15) is 0 Å². The number of nitrogens with zero attached hydrogens (tertiary/aromatic N) is 2. The molecule has 2 aromatic rings. The van der Waals surface area contributed by atoms with E-state index in [-0.39, 0.29) is 0 Å². The third kappa shape index (κ3) is 0.981. The fourth-order valence-corrected chi connectivity index (χ4v) is 1.07. The van der Waals surface area contributed by atoms with Gasteiger partial charge in [0.05, 0.1) is 11.2 Å². The van der Waals surface area contributed by atoms with Gasteiger partial charge in [-0.1, -0.05) is 0 Å². The number of hydrogen-bond donors (Lipinski definition) is 2. The highest BCUT2D eigenvalue weighted by molar-refractivity contribution is 5.86. The molecular formula is C8H7N3O. The molecule has 0 atom stereocenters. The molecule has 0 unspecified atom stereocenters. The molecule has 0 aromatic carbocycles. The summed E-state index contributed by atoms with van der Waals surface area (Å²) in [6.07, 6.45) is 3.27. The molecule has 0 aliphatic carbocycles. The first kappa shape index (κ1) is 7.00. The fraction of sp³-hybridized carbons (Fsp3) is 0. The lowest BCUT2D eigenvalue weighted by molar-refractivity contribution is 0.389. The molecule has 60 valence electrons. The van der Waals surface area contributed by atoms with Crippen molar-refractivity contribution >= 4 is 16.7 Å². The van der Waals surface area contributed by atoms with E-state index in [0.29, 0.717) is 11.2 Å². The molecule has 2 aromatic heterocycles. The zero-order valence-corrected chi connectivity index (χ0v) is 6.23. The van der Waals surface area contributed by atoms with Crippen molar-refractivity contribution in [1.29, 1.82) is 0 Å². The first-order valence-corrected chi connectivity index (χ1v) is 3.51. The van der Waals surface area contributed by atoms with E-state index in [1.54, 1.807) is 24.5 Å². The molecule has 2 heterocycles. The summed E-state index contributed by atoms with van der Waals surface area (Å²) in [6.45, 7) is 0. The average molecular weight is 161 g/mol. The zero-order chi connectivity index (χ0) is 8.39. The minimum atomic E-state index is 0.570. The quantitative estimate of drug-likeness (QED) is 0.621. The number of anilines is 1. The fourth-order valence-electron chi connectivity index (χ4n) is 1.07. The Hall–Kier alpha value is -1.68. The second-order valence-corrected chi connectivity index (χ2v) is 2.34. The molecule has 0 fully saturated rings. The molecule has 0 saturated heterocycles. The normalized spacial score (nSPS) is 10.1. The summed E-state index contributed by atoms with van der Waals surface area (Å²) >= 11 is 0. The van der Waals surface area contributed by atoms with Crippen molar-refractivity contribution in [2.45, 2.75) is 0 Å². The Morgan fingerprint density at radius 2 is 2.08 bits per heavy atom. The van der Waals surface area contributed by atoms with E-state index in [0.717, 1.165) is 5.52 Å². The molecule has 0 radical (unpaired) electrons. The second-order valence-electron chi connectivity index (χ2n) is 2.34. The number of hydrogen-bond acceptors (Lipinski definition) is 4. The van der Waals surface area contributed by atoms with Crippen LogP contribution in [0, 0.1) is 0 Å². The molecule has 0 aliphatic rings. The summed E-state index contributed by atoms with van der Waals surface area (Å²) in [4.78, 5) is 8.14. The molecule has 0 amide bonds. The van der Waals surface area contributed by atoms with E-state index in [2.05, 4.69) is 15.4 Å². The van der Waals surface area contributed by atoms with Gasteiger partial charge in [0, 0.05) is 12.4 Å². The van der Waals surface area contributed by atoms with E-state index in [4.69, 9.17) is 5.21 Å². The predicted molar refractivity (Wildman–Crippen MR) is 44.9 cm³/mol. The van der Waals surface area contributed by atoms with Crippen LogP contribution >= 0.6 is 0 Å². The summed E-state index contributed by atoms with van der Waals surface area (Å²) < 4.78 is 0. The topological polar surface area (TPSA) is 58.0 Å². The average Bonchev–Trinajstić information content (AvgIpc) is 2.17. The Morgan fingerprint density at radius 3 is 2.92 bits per heavy atom. The number of pyridine rings is 2. The van der Waals surface area contributed by atoms with Crippen LogP contribution in [0.2, 0.25) is 0 Å². The molecule has 0 aliphatic heterocycles. The summed E-state index contributed by atoms with van der Waals surface area (Å²) in [6, 6.07) is 5.30. The monoisotopic (exact) mass is 161 g/mol. The van der Waals surface area contributed by atoms with Crippen molar-refractivity contribution < 1.29 is 5.21 Å². The number of nitrogens with one attached hydrogen (secondary N) is 1. The van der Waals surface area contributed by atoms with Crippen LogP contribution in [0.15, 0.2) is 30.6 Å². The Morgan fingerprint density at radius 1 is 1.17 bits per heavy atom. The molecule has 0 bridgehead atoms. The Balaban J connectivity index is 2.79. The van der Waals surface area contributed by atoms with Crippen LogP contribution in [0.4, 0.5) is 5.69 Å². The van der Waals surface area contributed by atoms with Crippen molar-refractivity contribution in [1.82, 2.24) is 9.97 Å². The maximum atomic E-state index is 8.72. The lowest BCUT2D eigenvalue weighted by atomic mass is 10.3. The summed E-state index contributed by atoms with van der Waals surface area (Å²) in [7, 11) is 0. The minimum absolute atomic E-state index is 0.570. The maximum absolute atomic E-state index is 8.72. The first-order chi connectivity index (χ1) is 5.92. The van der Waals surface area contributed by atoms with Gasteiger partial charge in [-0.05, 0) is 18.2 Å². The Bertz CT molecular complexity index is 397. The van der Waals surface area contributed by atoms with E-state index in [1.165, 1.54) is 0 Å². The maximum Gasteiger partial charge on any atom is 0.114 e. The number of aromatic nitrogens is 2. The smallest absolute Gasteiger partial charge is 0.114 e. The molecular weight excluding hydrogens is 154 g/mol. The van der Waals surface area contributed by atoms with Gasteiger partial charge in [0.2, 0.25) is 0 Å². The highest BCUT2D eigenvalue weighted by Crippen LogP contribution is 2.16. The van der Waals surface area contributed by atoms with Gasteiger partial charge in [0.15, 0.2) is 0 Å². The lowest BCUT2D eigenvalue weighted by Crippen LogP contribution is -1.92. The van der Waals surface area contributed by atoms with Crippen LogP contribution in [0.5, 0.6) is 0 Å². The van der Waals surface area contributed by atoms with E-state index in [1.807, 2.05) is 6.07 Å². The van der Waals surface area contributed by atoms with Crippen LogP contribution in [-0.2, 0) is 0 Å². The van der Waals surface area contributed by atoms with Gasteiger partial charge in [0.25, 0.3) is 0 Å².